The first-order valence-corrected chi connectivity index (χ1v) is 5.11. The van der Waals surface area contributed by atoms with Crippen LogP contribution < -0.4 is 5.14 Å². The molecule has 0 aliphatic carbocycles. The van der Waals surface area contributed by atoms with Gasteiger partial charge in [-0.05, 0) is 29.7 Å². The van der Waals surface area contributed by atoms with E-state index in [0.717, 1.165) is 6.42 Å². The summed E-state index contributed by atoms with van der Waals surface area (Å²) in [6, 6.07) is 0. The molecule has 2 heteroatoms. The minimum Gasteiger partial charge on any atom is -0.274 e. The molecule has 0 aliphatic rings. The highest BCUT2D eigenvalue weighted by atomic mass is 32.2. The second kappa shape index (κ2) is 5.44. The molecule has 0 heterocycles. The van der Waals surface area contributed by atoms with Crippen LogP contribution in [0.1, 0.15) is 34.1 Å². The van der Waals surface area contributed by atoms with Crippen LogP contribution in [0.25, 0.3) is 0 Å². The van der Waals surface area contributed by atoms with Gasteiger partial charge in [-0.15, -0.1) is 0 Å². The lowest BCUT2D eigenvalue weighted by Gasteiger charge is -2.18. The van der Waals surface area contributed by atoms with Gasteiger partial charge in [0, 0.05) is 0 Å². The van der Waals surface area contributed by atoms with E-state index in [-0.39, 0.29) is 0 Å². The zero-order valence-corrected chi connectivity index (χ0v) is 9.24. The molecule has 2 N–H and O–H groups in total. The first-order valence-electron chi connectivity index (χ1n) is 4.17. The fraction of sp³-hybridized carbons (Fsp3) is 0.600. The summed E-state index contributed by atoms with van der Waals surface area (Å²) in [5.41, 5.74) is 1.64. The summed E-state index contributed by atoms with van der Waals surface area (Å²) in [6.45, 7) is 8.71. The predicted octanol–water partition coefficient (Wildman–Crippen LogP) is 3.49. The van der Waals surface area contributed by atoms with Crippen molar-refractivity contribution < 1.29 is 0 Å². The van der Waals surface area contributed by atoms with Crippen LogP contribution in [0.5, 0.6) is 0 Å². The third-order valence-corrected chi connectivity index (χ3v) is 1.77. The number of nitrogens with two attached hydrogens (primary N) is 1. The molecule has 0 atom stereocenters. The Morgan fingerprint density at radius 2 is 2.00 bits per heavy atom. The molecule has 0 aromatic heterocycles. The number of allylic oxidation sites excluding steroid dienone is 3. The topological polar surface area (TPSA) is 26.0 Å². The summed E-state index contributed by atoms with van der Waals surface area (Å²) in [7, 11) is 0. The van der Waals surface area contributed by atoms with E-state index < -0.39 is 0 Å². The maximum atomic E-state index is 5.38. The Hall–Kier alpha value is -0.210. The third kappa shape index (κ3) is 6.50. The molecular formula is C10H19NS. The lowest BCUT2D eigenvalue weighted by Crippen LogP contribution is -2.05. The fourth-order valence-electron chi connectivity index (χ4n) is 1.05. The van der Waals surface area contributed by atoms with Crippen LogP contribution in [0, 0.1) is 5.41 Å². The van der Waals surface area contributed by atoms with Crippen LogP contribution >= 0.6 is 11.9 Å². The van der Waals surface area contributed by atoms with E-state index >= 15 is 0 Å². The maximum Gasteiger partial charge on any atom is -0.0106 e. The smallest absolute Gasteiger partial charge is 0.0106 e. The molecule has 0 amide bonds. The van der Waals surface area contributed by atoms with Gasteiger partial charge >= 0.3 is 0 Å². The van der Waals surface area contributed by atoms with Crippen molar-refractivity contribution in [1.29, 1.82) is 0 Å². The molecule has 70 valence electrons. The quantitative estimate of drug-likeness (QED) is 0.538. The van der Waals surface area contributed by atoms with Crippen LogP contribution in [0.4, 0.5) is 0 Å². The van der Waals surface area contributed by atoms with Crippen molar-refractivity contribution in [3.8, 4) is 0 Å². The van der Waals surface area contributed by atoms with E-state index in [1.54, 1.807) is 0 Å². The van der Waals surface area contributed by atoms with E-state index in [2.05, 4.69) is 26.8 Å². The van der Waals surface area contributed by atoms with Crippen LogP contribution in [0.15, 0.2) is 23.1 Å². The molecule has 0 aromatic rings. The zero-order valence-electron chi connectivity index (χ0n) is 8.42. The second-order valence-electron chi connectivity index (χ2n) is 4.07. The second-order valence-corrected chi connectivity index (χ2v) is 4.57. The van der Waals surface area contributed by atoms with E-state index in [1.165, 1.54) is 17.5 Å². The summed E-state index contributed by atoms with van der Waals surface area (Å²) in [5.74, 6) is 0. The van der Waals surface area contributed by atoms with Crippen molar-refractivity contribution in [3.05, 3.63) is 23.1 Å². The molecule has 0 saturated heterocycles. The lowest BCUT2D eigenvalue weighted by molar-refractivity contribution is 0.413. The number of hydrogen-bond donors (Lipinski definition) is 1. The van der Waals surface area contributed by atoms with Gasteiger partial charge in [0.2, 0.25) is 0 Å². The molecule has 0 bridgehead atoms. The molecule has 0 aliphatic heterocycles. The molecule has 0 unspecified atom stereocenters. The Bertz CT molecular complexity index is 175. The fourth-order valence-corrected chi connectivity index (χ4v) is 1.39. The van der Waals surface area contributed by atoms with Gasteiger partial charge in [0.25, 0.3) is 0 Å². The van der Waals surface area contributed by atoms with Crippen molar-refractivity contribution in [2.24, 2.45) is 10.6 Å². The first kappa shape index (κ1) is 11.8. The molecule has 0 radical (unpaired) electrons. The van der Waals surface area contributed by atoms with Gasteiger partial charge < -0.3 is 0 Å². The van der Waals surface area contributed by atoms with E-state index in [4.69, 9.17) is 5.14 Å². The first-order chi connectivity index (χ1) is 5.49. The van der Waals surface area contributed by atoms with Crippen LogP contribution in [0.3, 0.4) is 0 Å². The van der Waals surface area contributed by atoms with Gasteiger partial charge in [-0.2, -0.15) is 0 Å². The van der Waals surface area contributed by atoms with Gasteiger partial charge in [0.05, 0.1) is 0 Å². The Labute approximate surface area is 80.2 Å². The Kier molecular flexibility index (Phi) is 5.34. The molecule has 0 spiro atoms. The van der Waals surface area contributed by atoms with E-state index in [1.807, 2.05) is 18.4 Å². The zero-order chi connectivity index (χ0) is 9.61. The number of rotatable bonds is 3. The van der Waals surface area contributed by atoms with Gasteiger partial charge in [0.15, 0.2) is 0 Å². The standard InChI is InChI=1S/C10H19NS/c1-5-6-9(8-12-11)7-10(2,3)4/h5-6,8H,7,11H2,1-4H3/b6-5-,9-8+. The highest BCUT2D eigenvalue weighted by molar-refractivity contribution is 8.00. The SMILES string of the molecule is C/C=C\C(=C/SN)CC(C)(C)C. The van der Waals surface area contributed by atoms with Crippen molar-refractivity contribution in [2.75, 3.05) is 0 Å². The van der Waals surface area contributed by atoms with Crippen molar-refractivity contribution in [3.63, 3.8) is 0 Å². The van der Waals surface area contributed by atoms with Crippen LogP contribution in [-0.2, 0) is 0 Å². The minimum atomic E-state index is 0.334. The largest absolute Gasteiger partial charge is 0.274 e. The molecule has 0 aromatic carbocycles. The Morgan fingerprint density at radius 1 is 1.42 bits per heavy atom. The van der Waals surface area contributed by atoms with Crippen molar-refractivity contribution in [2.45, 2.75) is 34.1 Å². The van der Waals surface area contributed by atoms with Crippen LogP contribution in [-0.4, -0.2) is 0 Å². The predicted molar refractivity (Wildman–Crippen MR) is 58.7 cm³/mol. The van der Waals surface area contributed by atoms with Gasteiger partial charge in [-0.25, -0.2) is 0 Å². The molecule has 0 fully saturated rings. The molecule has 12 heavy (non-hydrogen) atoms. The molecular weight excluding hydrogens is 166 g/mol. The summed E-state index contributed by atoms with van der Waals surface area (Å²) in [4.78, 5) is 0. The summed E-state index contributed by atoms with van der Waals surface area (Å²) in [5, 5.41) is 7.39. The van der Waals surface area contributed by atoms with Gasteiger partial charge in [-0.1, -0.05) is 44.9 Å². The van der Waals surface area contributed by atoms with E-state index in [9.17, 15) is 0 Å². The molecule has 0 saturated carbocycles. The number of hydrogen-bond acceptors (Lipinski definition) is 2. The van der Waals surface area contributed by atoms with Crippen molar-refractivity contribution in [1.82, 2.24) is 0 Å². The van der Waals surface area contributed by atoms with Crippen LogP contribution in [0.2, 0.25) is 0 Å². The van der Waals surface area contributed by atoms with Gasteiger partial charge in [0.1, 0.15) is 0 Å². The molecule has 1 nitrogen and oxygen atoms in total. The monoisotopic (exact) mass is 185 g/mol. The minimum absolute atomic E-state index is 0.334. The summed E-state index contributed by atoms with van der Waals surface area (Å²) >= 11 is 1.28. The highest BCUT2D eigenvalue weighted by Crippen LogP contribution is 2.25. The third-order valence-electron chi connectivity index (χ3n) is 1.33. The highest BCUT2D eigenvalue weighted by Gasteiger charge is 2.11. The summed E-state index contributed by atoms with van der Waals surface area (Å²) in [6.07, 6.45) is 5.24. The van der Waals surface area contributed by atoms with Crippen molar-refractivity contribution >= 4 is 11.9 Å². The molecule has 0 rings (SSSR count). The normalized spacial score (nSPS) is 14.2. The summed E-state index contributed by atoms with van der Waals surface area (Å²) < 4.78 is 0. The maximum absolute atomic E-state index is 5.38. The Morgan fingerprint density at radius 3 is 2.33 bits per heavy atom. The van der Waals surface area contributed by atoms with Gasteiger partial charge in [-0.3, -0.25) is 5.14 Å². The average molecular weight is 185 g/mol. The lowest BCUT2D eigenvalue weighted by atomic mass is 9.88. The van der Waals surface area contributed by atoms with E-state index in [0.29, 0.717) is 5.41 Å². The Balaban J connectivity index is 4.25. The average Bonchev–Trinajstić information content (AvgIpc) is 1.84.